The Balaban J connectivity index is 1.56. The van der Waals surface area contributed by atoms with Crippen molar-refractivity contribution in [2.45, 2.75) is 45.6 Å². The molecule has 0 aliphatic carbocycles. The van der Waals surface area contributed by atoms with E-state index in [1.165, 1.54) is 12.8 Å². The molecule has 1 aliphatic heterocycles. The topological polar surface area (TPSA) is 58.6 Å². The maximum Gasteiger partial charge on any atom is 0.265 e. The molecule has 1 N–H and O–H groups in total. The molecule has 1 aliphatic rings. The number of ether oxygens (including phenoxy) is 1. The van der Waals surface area contributed by atoms with E-state index in [2.05, 4.69) is 5.32 Å². The van der Waals surface area contributed by atoms with Crippen molar-refractivity contribution in [2.24, 2.45) is 0 Å². The van der Waals surface area contributed by atoms with E-state index in [9.17, 15) is 9.59 Å². The fraction of sp³-hybridized carbons (Fsp3) is 0.391. The van der Waals surface area contributed by atoms with Gasteiger partial charge in [-0.05, 0) is 63.1 Å². The number of carbonyl (C=O) groups is 2. The number of hydrogen-bond donors (Lipinski definition) is 1. The van der Waals surface area contributed by atoms with Crippen LogP contribution in [0.2, 0.25) is 0 Å². The molecule has 148 valence electrons. The zero-order chi connectivity index (χ0) is 19.9. The predicted octanol–water partition coefficient (Wildman–Crippen LogP) is 4.42. The van der Waals surface area contributed by atoms with Crippen molar-refractivity contribution in [3.05, 3.63) is 59.7 Å². The van der Waals surface area contributed by atoms with Crippen LogP contribution in [0.15, 0.2) is 48.5 Å². The van der Waals surface area contributed by atoms with Crippen molar-refractivity contribution < 1.29 is 14.3 Å². The summed E-state index contributed by atoms with van der Waals surface area (Å²) in [5.74, 6) is 0.495. The molecule has 1 saturated heterocycles. The lowest BCUT2D eigenvalue weighted by Gasteiger charge is -2.20. The van der Waals surface area contributed by atoms with E-state index in [1.54, 1.807) is 31.2 Å². The fourth-order valence-electron chi connectivity index (χ4n) is 3.27. The minimum absolute atomic E-state index is 0.0656. The zero-order valence-electron chi connectivity index (χ0n) is 16.6. The molecule has 0 radical (unpaired) electrons. The molecule has 1 unspecified atom stereocenters. The van der Waals surface area contributed by atoms with Gasteiger partial charge in [-0.15, -0.1) is 0 Å². The minimum Gasteiger partial charge on any atom is -0.481 e. The molecule has 0 aromatic heterocycles. The van der Waals surface area contributed by atoms with Crippen LogP contribution < -0.4 is 10.1 Å². The molecular formula is C23H28N2O3. The molecule has 0 bridgehead atoms. The summed E-state index contributed by atoms with van der Waals surface area (Å²) >= 11 is 0. The van der Waals surface area contributed by atoms with Crippen LogP contribution in [0.1, 0.15) is 48.5 Å². The van der Waals surface area contributed by atoms with Crippen LogP contribution in [-0.2, 0) is 4.79 Å². The van der Waals surface area contributed by atoms with Gasteiger partial charge in [0.25, 0.3) is 11.8 Å². The first-order chi connectivity index (χ1) is 13.5. The molecule has 3 rings (SSSR count). The normalized spacial score (nSPS) is 15.4. The minimum atomic E-state index is -0.624. The first-order valence-corrected chi connectivity index (χ1v) is 9.96. The summed E-state index contributed by atoms with van der Waals surface area (Å²) in [7, 11) is 0. The lowest BCUT2D eigenvalue weighted by Crippen LogP contribution is -2.32. The second-order valence-corrected chi connectivity index (χ2v) is 7.35. The molecule has 0 saturated carbocycles. The van der Waals surface area contributed by atoms with E-state index in [0.717, 1.165) is 31.5 Å². The predicted molar refractivity (Wildman–Crippen MR) is 111 cm³/mol. The Bertz CT molecular complexity index is 792. The van der Waals surface area contributed by atoms with E-state index < -0.39 is 6.10 Å². The maximum atomic E-state index is 12.6. The zero-order valence-corrected chi connectivity index (χ0v) is 16.6. The van der Waals surface area contributed by atoms with E-state index >= 15 is 0 Å². The number of anilines is 1. The van der Waals surface area contributed by atoms with Crippen molar-refractivity contribution in [2.75, 3.05) is 18.4 Å². The van der Waals surface area contributed by atoms with Crippen LogP contribution in [0.4, 0.5) is 5.69 Å². The number of likely N-dealkylation sites (tertiary alicyclic amines) is 1. The molecule has 0 spiro atoms. The smallest absolute Gasteiger partial charge is 0.265 e. The second-order valence-electron chi connectivity index (χ2n) is 7.35. The molecule has 2 aromatic carbocycles. The van der Waals surface area contributed by atoms with Crippen LogP contribution in [0.25, 0.3) is 0 Å². The van der Waals surface area contributed by atoms with Gasteiger partial charge in [0, 0.05) is 24.3 Å². The van der Waals surface area contributed by atoms with Gasteiger partial charge >= 0.3 is 0 Å². The Morgan fingerprint density at radius 3 is 2.14 bits per heavy atom. The fourth-order valence-corrected chi connectivity index (χ4v) is 3.27. The summed E-state index contributed by atoms with van der Waals surface area (Å²) in [5, 5.41) is 2.84. The number of aryl methyl sites for hydroxylation is 1. The highest BCUT2D eigenvalue weighted by Gasteiger charge is 2.18. The first-order valence-electron chi connectivity index (χ1n) is 9.96. The Morgan fingerprint density at radius 2 is 1.54 bits per heavy atom. The number of nitrogens with one attached hydrogen (secondary N) is 1. The van der Waals surface area contributed by atoms with E-state index in [4.69, 9.17) is 4.74 Å². The van der Waals surface area contributed by atoms with Gasteiger partial charge in [0.2, 0.25) is 0 Å². The van der Waals surface area contributed by atoms with Gasteiger partial charge in [-0.25, -0.2) is 0 Å². The Morgan fingerprint density at radius 1 is 0.929 bits per heavy atom. The SMILES string of the molecule is Cc1ccc(OC(C)C(=O)Nc2ccc(C(=O)N3CCCCCC3)cc2)cc1. The summed E-state index contributed by atoms with van der Waals surface area (Å²) < 4.78 is 5.68. The third-order valence-electron chi connectivity index (χ3n) is 5.00. The number of rotatable bonds is 5. The van der Waals surface area contributed by atoms with Crippen molar-refractivity contribution in [1.29, 1.82) is 0 Å². The van der Waals surface area contributed by atoms with E-state index in [0.29, 0.717) is 17.0 Å². The number of benzene rings is 2. The molecule has 1 heterocycles. The van der Waals surface area contributed by atoms with E-state index in [-0.39, 0.29) is 11.8 Å². The highest BCUT2D eigenvalue weighted by atomic mass is 16.5. The van der Waals surface area contributed by atoms with Crippen molar-refractivity contribution in [3.8, 4) is 5.75 Å². The monoisotopic (exact) mass is 380 g/mol. The highest BCUT2D eigenvalue weighted by Crippen LogP contribution is 2.17. The Hall–Kier alpha value is -2.82. The van der Waals surface area contributed by atoms with Gasteiger partial charge in [0.15, 0.2) is 6.10 Å². The van der Waals surface area contributed by atoms with E-state index in [1.807, 2.05) is 36.1 Å². The number of carbonyl (C=O) groups excluding carboxylic acids is 2. The summed E-state index contributed by atoms with van der Waals surface area (Å²) in [4.78, 5) is 26.9. The third kappa shape index (κ3) is 5.35. The number of hydrogen-bond acceptors (Lipinski definition) is 3. The molecule has 28 heavy (non-hydrogen) atoms. The maximum absolute atomic E-state index is 12.6. The summed E-state index contributed by atoms with van der Waals surface area (Å²) in [6.45, 7) is 5.37. The van der Waals surface area contributed by atoms with Crippen LogP contribution >= 0.6 is 0 Å². The lowest BCUT2D eigenvalue weighted by molar-refractivity contribution is -0.122. The molecule has 1 fully saturated rings. The number of nitrogens with zero attached hydrogens (tertiary/aromatic N) is 1. The first kappa shape index (κ1) is 19.9. The van der Waals surface area contributed by atoms with Gasteiger partial charge in [-0.1, -0.05) is 30.5 Å². The Kier molecular flexibility index (Phi) is 6.69. The van der Waals surface area contributed by atoms with Crippen LogP contribution in [0.3, 0.4) is 0 Å². The largest absolute Gasteiger partial charge is 0.481 e. The standard InChI is InChI=1S/C23H28N2O3/c1-17-7-13-21(14-8-17)28-18(2)22(26)24-20-11-9-19(10-12-20)23(27)25-15-5-3-4-6-16-25/h7-14,18H,3-6,15-16H2,1-2H3,(H,24,26). The molecular weight excluding hydrogens is 352 g/mol. The molecule has 5 nitrogen and oxygen atoms in total. The average Bonchev–Trinajstić information content (AvgIpc) is 2.99. The third-order valence-corrected chi connectivity index (χ3v) is 5.00. The van der Waals surface area contributed by atoms with Crippen molar-refractivity contribution in [3.63, 3.8) is 0 Å². The molecule has 1 atom stereocenters. The molecule has 2 aromatic rings. The summed E-state index contributed by atoms with van der Waals surface area (Å²) in [6, 6.07) is 14.7. The quantitative estimate of drug-likeness (QED) is 0.835. The summed E-state index contributed by atoms with van der Waals surface area (Å²) in [5.41, 5.74) is 2.44. The van der Waals surface area contributed by atoms with Crippen LogP contribution in [-0.4, -0.2) is 35.9 Å². The summed E-state index contributed by atoms with van der Waals surface area (Å²) in [6.07, 6.45) is 3.90. The van der Waals surface area contributed by atoms with Gasteiger partial charge in [-0.2, -0.15) is 0 Å². The average molecular weight is 380 g/mol. The van der Waals surface area contributed by atoms with Gasteiger partial charge in [0.1, 0.15) is 5.75 Å². The Labute approximate surface area is 166 Å². The van der Waals surface area contributed by atoms with Crippen molar-refractivity contribution in [1.82, 2.24) is 4.90 Å². The van der Waals surface area contributed by atoms with Gasteiger partial charge < -0.3 is 15.0 Å². The van der Waals surface area contributed by atoms with Crippen molar-refractivity contribution >= 4 is 17.5 Å². The van der Waals surface area contributed by atoms with Crippen LogP contribution in [0.5, 0.6) is 5.75 Å². The van der Waals surface area contributed by atoms with Gasteiger partial charge in [0.05, 0.1) is 0 Å². The number of amides is 2. The lowest BCUT2D eigenvalue weighted by atomic mass is 10.1. The van der Waals surface area contributed by atoms with Gasteiger partial charge in [-0.3, -0.25) is 9.59 Å². The van der Waals surface area contributed by atoms with Crippen LogP contribution in [0, 0.1) is 6.92 Å². The highest BCUT2D eigenvalue weighted by molar-refractivity contribution is 5.96. The second kappa shape index (κ2) is 9.40. The molecule has 2 amide bonds. The molecule has 5 heteroatoms.